The molecule has 8 rings (SSSR count). The largest absolute Gasteiger partial charge is 0.456 e. The Balaban J connectivity index is 1.25. The van der Waals surface area contributed by atoms with Crippen molar-refractivity contribution in [3.8, 4) is 67.9 Å². The fraction of sp³-hybridized carbons (Fsp3) is 0. The average Bonchev–Trinajstić information content (AvgIpc) is 3.05. The summed E-state index contributed by atoms with van der Waals surface area (Å²) < 4.78 is 6.32. The van der Waals surface area contributed by atoms with Crippen LogP contribution in [0.1, 0.15) is 0 Å². The van der Waals surface area contributed by atoms with Gasteiger partial charge in [0.2, 0.25) is 0 Å². The maximum Gasteiger partial charge on any atom is 0.164 e. The Morgan fingerprint density at radius 3 is 1.63 bits per heavy atom. The number of hydrogen-bond acceptors (Lipinski definition) is 4. The number of rotatable bonds is 4. The van der Waals surface area contributed by atoms with Gasteiger partial charge in [0.15, 0.2) is 17.5 Å². The Morgan fingerprint density at radius 1 is 0.366 bits per heavy atom. The third kappa shape index (κ3) is 4.14. The lowest BCUT2D eigenvalue weighted by Crippen LogP contribution is -2.00. The molecule has 4 nitrogen and oxygen atoms in total. The number of ether oxygens (including phenoxy) is 1. The molecule has 0 radical (unpaired) electrons. The van der Waals surface area contributed by atoms with Crippen molar-refractivity contribution in [1.82, 2.24) is 15.0 Å². The summed E-state index contributed by atoms with van der Waals surface area (Å²) in [5, 5.41) is 2.33. The minimum Gasteiger partial charge on any atom is -0.456 e. The highest BCUT2D eigenvalue weighted by molar-refractivity contribution is 6.04. The zero-order valence-electron chi connectivity index (χ0n) is 22.0. The molecule has 0 bridgehead atoms. The van der Waals surface area contributed by atoms with Gasteiger partial charge in [0.1, 0.15) is 11.5 Å². The van der Waals surface area contributed by atoms with E-state index in [0.29, 0.717) is 17.5 Å². The van der Waals surface area contributed by atoms with Gasteiger partial charge in [-0.15, -0.1) is 0 Å². The van der Waals surface area contributed by atoms with Crippen LogP contribution in [0.5, 0.6) is 11.5 Å². The smallest absolute Gasteiger partial charge is 0.164 e. The van der Waals surface area contributed by atoms with E-state index in [2.05, 4.69) is 66.7 Å². The molecule has 6 aromatic carbocycles. The number of hydrogen-bond donors (Lipinski definition) is 0. The number of fused-ring (bicyclic) bond motifs is 2. The van der Waals surface area contributed by atoms with Gasteiger partial charge < -0.3 is 4.74 Å². The van der Waals surface area contributed by atoms with Gasteiger partial charge >= 0.3 is 0 Å². The monoisotopic (exact) mass is 525 g/mol. The van der Waals surface area contributed by atoms with Gasteiger partial charge in [-0.3, -0.25) is 0 Å². The van der Waals surface area contributed by atoms with Crippen LogP contribution in [-0.4, -0.2) is 15.0 Å². The summed E-state index contributed by atoms with van der Waals surface area (Å²) in [6.45, 7) is 0. The predicted molar refractivity (Wildman–Crippen MR) is 165 cm³/mol. The topological polar surface area (TPSA) is 47.9 Å². The molecule has 4 heteroatoms. The summed E-state index contributed by atoms with van der Waals surface area (Å²) in [5.41, 5.74) is 7.30. The third-order valence-electron chi connectivity index (χ3n) is 7.51. The standard InChI is InChI=1S/C37H23N3O/c1-3-10-25(11-4-1)35-38-36(26-12-5-2-6-13-26)40-37(39-35)29-17-7-16-27(22-29)28-20-21-32-31(23-28)30-18-8-14-24-15-9-19-33(41-32)34(24)30/h1-23H. The van der Waals surface area contributed by atoms with Crippen molar-refractivity contribution in [1.29, 1.82) is 0 Å². The Bertz CT molecular complexity index is 2010. The van der Waals surface area contributed by atoms with E-state index in [1.807, 2.05) is 72.8 Å². The molecule has 0 aliphatic carbocycles. The molecule has 0 saturated heterocycles. The molecular weight excluding hydrogens is 502 g/mol. The van der Waals surface area contributed by atoms with Gasteiger partial charge in [-0.2, -0.15) is 0 Å². The first-order chi connectivity index (χ1) is 20.3. The van der Waals surface area contributed by atoms with Crippen LogP contribution in [0.25, 0.3) is 67.2 Å². The Labute approximate surface area is 237 Å². The van der Waals surface area contributed by atoms with E-state index in [9.17, 15) is 0 Å². The van der Waals surface area contributed by atoms with Gasteiger partial charge in [0.05, 0.1) is 0 Å². The van der Waals surface area contributed by atoms with Crippen LogP contribution >= 0.6 is 0 Å². The summed E-state index contributed by atoms with van der Waals surface area (Å²) in [7, 11) is 0. The first-order valence-electron chi connectivity index (χ1n) is 13.6. The van der Waals surface area contributed by atoms with E-state index >= 15 is 0 Å². The molecule has 1 aromatic heterocycles. The summed E-state index contributed by atoms with van der Waals surface area (Å²) in [6, 6.07) is 47.5. The molecule has 41 heavy (non-hydrogen) atoms. The van der Waals surface area contributed by atoms with E-state index in [4.69, 9.17) is 19.7 Å². The summed E-state index contributed by atoms with van der Waals surface area (Å²) in [4.78, 5) is 14.7. The van der Waals surface area contributed by atoms with E-state index in [0.717, 1.165) is 50.3 Å². The number of benzene rings is 6. The molecule has 0 atom stereocenters. The molecule has 1 aliphatic rings. The molecular formula is C37H23N3O. The first kappa shape index (κ1) is 23.3. The lowest BCUT2D eigenvalue weighted by molar-refractivity contribution is 0.487. The molecule has 192 valence electrons. The summed E-state index contributed by atoms with van der Waals surface area (Å²) >= 11 is 0. The van der Waals surface area contributed by atoms with Crippen LogP contribution in [0.3, 0.4) is 0 Å². The minimum absolute atomic E-state index is 0.638. The highest BCUT2D eigenvalue weighted by Gasteiger charge is 2.20. The molecule has 0 spiro atoms. The molecule has 0 amide bonds. The summed E-state index contributed by atoms with van der Waals surface area (Å²) in [5.74, 6) is 3.71. The average molecular weight is 526 g/mol. The zero-order valence-corrected chi connectivity index (χ0v) is 22.0. The number of aromatic nitrogens is 3. The molecule has 0 fully saturated rings. The van der Waals surface area contributed by atoms with E-state index in [-0.39, 0.29) is 0 Å². The Morgan fingerprint density at radius 2 is 0.927 bits per heavy atom. The number of nitrogens with zero attached hydrogens (tertiary/aromatic N) is 3. The fourth-order valence-electron chi connectivity index (χ4n) is 5.52. The highest BCUT2D eigenvalue weighted by atomic mass is 16.5. The van der Waals surface area contributed by atoms with Gasteiger partial charge in [-0.05, 0) is 46.3 Å². The normalized spacial score (nSPS) is 11.6. The van der Waals surface area contributed by atoms with Crippen LogP contribution in [0.4, 0.5) is 0 Å². The van der Waals surface area contributed by atoms with Crippen molar-refractivity contribution in [2.45, 2.75) is 0 Å². The van der Waals surface area contributed by atoms with Crippen molar-refractivity contribution >= 4 is 10.8 Å². The van der Waals surface area contributed by atoms with Crippen LogP contribution in [-0.2, 0) is 0 Å². The van der Waals surface area contributed by atoms with Crippen molar-refractivity contribution in [2.24, 2.45) is 0 Å². The van der Waals surface area contributed by atoms with Crippen molar-refractivity contribution in [2.75, 3.05) is 0 Å². The Kier molecular flexibility index (Phi) is 5.42. The summed E-state index contributed by atoms with van der Waals surface area (Å²) in [6.07, 6.45) is 0. The van der Waals surface area contributed by atoms with Crippen LogP contribution in [0.2, 0.25) is 0 Å². The van der Waals surface area contributed by atoms with Crippen molar-refractivity contribution in [3.63, 3.8) is 0 Å². The fourth-order valence-corrected chi connectivity index (χ4v) is 5.52. The van der Waals surface area contributed by atoms with E-state index in [1.165, 1.54) is 10.9 Å². The third-order valence-corrected chi connectivity index (χ3v) is 7.51. The van der Waals surface area contributed by atoms with Gasteiger partial charge in [-0.1, -0.05) is 115 Å². The minimum atomic E-state index is 0.638. The van der Waals surface area contributed by atoms with Crippen molar-refractivity contribution < 1.29 is 4.74 Å². The lowest BCUT2D eigenvalue weighted by atomic mass is 9.92. The zero-order chi connectivity index (χ0) is 27.2. The maximum atomic E-state index is 6.32. The second kappa shape index (κ2) is 9.54. The van der Waals surface area contributed by atoms with Gasteiger partial charge in [0.25, 0.3) is 0 Å². The molecule has 0 unspecified atom stereocenters. The first-order valence-corrected chi connectivity index (χ1v) is 13.6. The van der Waals surface area contributed by atoms with Gasteiger partial charge in [-0.25, -0.2) is 15.0 Å². The SMILES string of the molecule is c1ccc(-c2nc(-c3ccccc3)nc(-c3cccc(-c4ccc5c(c4)-c4cccc6cccc(c46)O5)c3)n2)cc1. The maximum absolute atomic E-state index is 6.32. The predicted octanol–water partition coefficient (Wildman–Crippen LogP) is 9.47. The second-order valence-corrected chi connectivity index (χ2v) is 10.1. The Hall–Kier alpha value is -5.61. The molecule has 1 aliphatic heterocycles. The molecule has 0 N–H and O–H groups in total. The van der Waals surface area contributed by atoms with Crippen LogP contribution < -0.4 is 4.74 Å². The van der Waals surface area contributed by atoms with Crippen LogP contribution in [0, 0.1) is 0 Å². The lowest BCUT2D eigenvalue weighted by Gasteiger charge is -2.22. The van der Waals surface area contributed by atoms with Gasteiger partial charge in [0, 0.05) is 27.6 Å². The second-order valence-electron chi connectivity index (χ2n) is 10.1. The van der Waals surface area contributed by atoms with E-state index in [1.54, 1.807) is 0 Å². The van der Waals surface area contributed by atoms with E-state index < -0.39 is 0 Å². The van der Waals surface area contributed by atoms with Crippen molar-refractivity contribution in [3.05, 3.63) is 140 Å². The highest BCUT2D eigenvalue weighted by Crippen LogP contribution is 2.47. The molecule has 2 heterocycles. The van der Waals surface area contributed by atoms with Crippen LogP contribution in [0.15, 0.2) is 140 Å². The molecule has 0 saturated carbocycles. The molecule has 7 aromatic rings. The quantitative estimate of drug-likeness (QED) is 0.230.